The molecule has 5 heteroatoms. The molecule has 0 spiro atoms. The molecule has 1 aromatic carbocycles. The summed E-state index contributed by atoms with van der Waals surface area (Å²) in [5, 5.41) is 0.642. The molecular formula is C13H15ClO4. The van der Waals surface area contributed by atoms with Crippen molar-refractivity contribution in [3.63, 3.8) is 0 Å². The van der Waals surface area contributed by atoms with E-state index >= 15 is 0 Å². The molecule has 1 aromatic rings. The van der Waals surface area contributed by atoms with Gasteiger partial charge in [0.15, 0.2) is 6.10 Å². The Labute approximate surface area is 111 Å². The highest BCUT2D eigenvalue weighted by atomic mass is 35.5. The Hall–Kier alpha value is -1.10. The molecule has 0 saturated carbocycles. The first-order valence-corrected chi connectivity index (χ1v) is 6.25. The van der Waals surface area contributed by atoms with Crippen LogP contribution in [0.4, 0.5) is 0 Å². The molecule has 0 radical (unpaired) electrons. The van der Waals surface area contributed by atoms with Crippen LogP contribution in [0.3, 0.4) is 0 Å². The molecule has 0 bridgehead atoms. The fourth-order valence-corrected chi connectivity index (χ4v) is 1.99. The van der Waals surface area contributed by atoms with Gasteiger partial charge in [-0.2, -0.15) is 0 Å². The molecule has 0 N–H and O–H groups in total. The maximum atomic E-state index is 11.8. The van der Waals surface area contributed by atoms with E-state index in [1.165, 1.54) is 0 Å². The average Bonchev–Trinajstić information content (AvgIpc) is 2.40. The molecule has 2 atom stereocenters. The highest BCUT2D eigenvalue weighted by molar-refractivity contribution is 6.30. The zero-order chi connectivity index (χ0) is 13.0. The lowest BCUT2D eigenvalue weighted by Gasteiger charge is -2.30. The van der Waals surface area contributed by atoms with Gasteiger partial charge in [-0.3, -0.25) is 0 Å². The molecular weight excluding hydrogens is 256 g/mol. The molecule has 0 aromatic heterocycles. The van der Waals surface area contributed by atoms with Gasteiger partial charge in [-0.1, -0.05) is 23.7 Å². The van der Waals surface area contributed by atoms with Gasteiger partial charge < -0.3 is 14.2 Å². The molecule has 2 unspecified atom stereocenters. The highest BCUT2D eigenvalue weighted by Crippen LogP contribution is 2.28. The van der Waals surface area contributed by atoms with Crippen molar-refractivity contribution >= 4 is 17.6 Å². The summed E-state index contributed by atoms with van der Waals surface area (Å²) >= 11 is 5.84. The molecule has 0 amide bonds. The first-order valence-electron chi connectivity index (χ1n) is 5.87. The van der Waals surface area contributed by atoms with Gasteiger partial charge in [0.05, 0.1) is 19.8 Å². The zero-order valence-corrected chi connectivity index (χ0v) is 10.9. The monoisotopic (exact) mass is 270 g/mol. The summed E-state index contributed by atoms with van der Waals surface area (Å²) in [5.41, 5.74) is 0.858. The molecule has 1 aliphatic heterocycles. The maximum Gasteiger partial charge on any atom is 0.338 e. The van der Waals surface area contributed by atoms with Crippen molar-refractivity contribution in [2.75, 3.05) is 19.8 Å². The molecule has 18 heavy (non-hydrogen) atoms. The number of hydrogen-bond acceptors (Lipinski definition) is 4. The summed E-state index contributed by atoms with van der Waals surface area (Å²) in [7, 11) is 0. The summed E-state index contributed by atoms with van der Waals surface area (Å²) in [5.74, 6) is -0.392. The number of halogens is 1. The minimum absolute atomic E-state index is 0.325. The predicted molar refractivity (Wildman–Crippen MR) is 66.5 cm³/mol. The van der Waals surface area contributed by atoms with E-state index in [1.54, 1.807) is 19.1 Å². The van der Waals surface area contributed by atoms with E-state index < -0.39 is 18.2 Å². The maximum absolute atomic E-state index is 11.8. The van der Waals surface area contributed by atoms with Gasteiger partial charge >= 0.3 is 5.97 Å². The molecule has 4 nitrogen and oxygen atoms in total. The summed E-state index contributed by atoms with van der Waals surface area (Å²) < 4.78 is 16.1. The minimum Gasteiger partial charge on any atom is -0.464 e. The van der Waals surface area contributed by atoms with Gasteiger partial charge in [-0.15, -0.1) is 0 Å². The Morgan fingerprint density at radius 2 is 2.00 bits per heavy atom. The zero-order valence-electron chi connectivity index (χ0n) is 10.1. The molecule has 1 heterocycles. The van der Waals surface area contributed by atoms with Crippen LogP contribution in [-0.2, 0) is 19.0 Å². The molecule has 1 fully saturated rings. The number of ether oxygens (including phenoxy) is 3. The SMILES string of the molecule is CCOC(=O)C1OCCOC1c1ccc(Cl)cc1. The third kappa shape index (κ3) is 3.02. The lowest BCUT2D eigenvalue weighted by molar-refractivity contribution is -0.186. The number of esters is 1. The molecule has 1 aliphatic rings. The fraction of sp³-hybridized carbons (Fsp3) is 0.462. The lowest BCUT2D eigenvalue weighted by Crippen LogP contribution is -2.39. The van der Waals surface area contributed by atoms with Crippen LogP contribution in [0.2, 0.25) is 5.02 Å². The largest absolute Gasteiger partial charge is 0.464 e. The van der Waals surface area contributed by atoms with Gasteiger partial charge in [0.25, 0.3) is 0 Å². The Balaban J connectivity index is 2.17. The van der Waals surface area contributed by atoms with Crippen LogP contribution in [0, 0.1) is 0 Å². The van der Waals surface area contributed by atoms with Crippen molar-refractivity contribution in [2.45, 2.75) is 19.1 Å². The second-order valence-electron chi connectivity index (χ2n) is 3.89. The van der Waals surface area contributed by atoms with Gasteiger partial charge in [0, 0.05) is 5.02 Å². The average molecular weight is 271 g/mol. The van der Waals surface area contributed by atoms with Crippen molar-refractivity contribution in [2.24, 2.45) is 0 Å². The minimum atomic E-state index is -0.708. The Morgan fingerprint density at radius 3 is 2.67 bits per heavy atom. The van der Waals surface area contributed by atoms with Crippen molar-refractivity contribution in [3.05, 3.63) is 34.9 Å². The number of rotatable bonds is 3. The van der Waals surface area contributed by atoms with Crippen LogP contribution >= 0.6 is 11.6 Å². The van der Waals surface area contributed by atoms with Crippen LogP contribution in [-0.4, -0.2) is 31.9 Å². The van der Waals surface area contributed by atoms with Crippen LogP contribution in [0.25, 0.3) is 0 Å². The summed E-state index contributed by atoms with van der Waals surface area (Å²) in [6.07, 6.45) is -1.14. The fourth-order valence-electron chi connectivity index (χ4n) is 1.86. The Bertz CT molecular complexity index is 404. The van der Waals surface area contributed by atoms with E-state index in [4.69, 9.17) is 25.8 Å². The van der Waals surface area contributed by atoms with Gasteiger partial charge in [0.2, 0.25) is 0 Å². The first-order chi connectivity index (χ1) is 8.72. The molecule has 98 valence electrons. The van der Waals surface area contributed by atoms with Crippen molar-refractivity contribution in [1.29, 1.82) is 0 Å². The summed E-state index contributed by atoms with van der Waals surface area (Å²) in [6.45, 7) is 2.95. The quantitative estimate of drug-likeness (QED) is 0.791. The van der Waals surface area contributed by atoms with Crippen LogP contribution in [0.5, 0.6) is 0 Å². The third-order valence-corrected chi connectivity index (χ3v) is 2.92. The van der Waals surface area contributed by atoms with E-state index in [9.17, 15) is 4.79 Å². The standard InChI is InChI=1S/C13H15ClO4/c1-2-16-13(15)12-11(17-7-8-18-12)9-3-5-10(14)6-4-9/h3-6,11-12H,2,7-8H2,1H3. The van der Waals surface area contributed by atoms with Crippen LogP contribution in [0.15, 0.2) is 24.3 Å². The van der Waals surface area contributed by atoms with Gasteiger partial charge in [0.1, 0.15) is 6.10 Å². The second-order valence-corrected chi connectivity index (χ2v) is 4.32. The summed E-state index contributed by atoms with van der Waals surface area (Å²) in [6, 6.07) is 7.18. The highest BCUT2D eigenvalue weighted by Gasteiger charge is 2.35. The topological polar surface area (TPSA) is 44.8 Å². The number of benzene rings is 1. The van der Waals surface area contributed by atoms with Crippen molar-refractivity contribution in [1.82, 2.24) is 0 Å². The van der Waals surface area contributed by atoms with Crippen LogP contribution < -0.4 is 0 Å². The third-order valence-electron chi connectivity index (χ3n) is 2.67. The van der Waals surface area contributed by atoms with Crippen LogP contribution in [0.1, 0.15) is 18.6 Å². The molecule has 2 rings (SSSR count). The van der Waals surface area contributed by atoms with E-state index in [1.807, 2.05) is 12.1 Å². The van der Waals surface area contributed by atoms with Gasteiger partial charge in [-0.05, 0) is 24.6 Å². The Kier molecular flexibility index (Phi) is 4.58. The van der Waals surface area contributed by atoms with Gasteiger partial charge in [-0.25, -0.2) is 4.79 Å². The first kappa shape index (κ1) is 13.3. The number of hydrogen-bond donors (Lipinski definition) is 0. The second kappa shape index (κ2) is 6.18. The normalized spacial score (nSPS) is 23.7. The van der Waals surface area contributed by atoms with Crippen molar-refractivity contribution in [3.8, 4) is 0 Å². The predicted octanol–water partition coefficient (Wildman–Crippen LogP) is 2.36. The van der Waals surface area contributed by atoms with E-state index in [2.05, 4.69) is 0 Å². The van der Waals surface area contributed by atoms with Crippen molar-refractivity contribution < 1.29 is 19.0 Å². The van der Waals surface area contributed by atoms with E-state index in [-0.39, 0.29) is 0 Å². The Morgan fingerprint density at radius 1 is 1.33 bits per heavy atom. The number of carbonyl (C=O) groups is 1. The molecule has 1 saturated heterocycles. The number of carbonyl (C=O) groups excluding carboxylic acids is 1. The van der Waals surface area contributed by atoms with E-state index in [0.717, 1.165) is 5.56 Å². The molecule has 0 aliphatic carbocycles. The lowest BCUT2D eigenvalue weighted by atomic mass is 10.0. The summed E-state index contributed by atoms with van der Waals surface area (Å²) in [4.78, 5) is 11.8. The van der Waals surface area contributed by atoms with E-state index in [0.29, 0.717) is 24.8 Å². The smallest absolute Gasteiger partial charge is 0.338 e.